The summed E-state index contributed by atoms with van der Waals surface area (Å²) in [7, 11) is -1.29. The maximum atomic E-state index is 13.2. The molecule has 1 aliphatic carbocycles. The first-order valence-electron chi connectivity index (χ1n) is 6.16. The topological polar surface area (TPSA) is 43.1 Å². The monoisotopic (exact) mass is 275 g/mol. The highest BCUT2D eigenvalue weighted by Gasteiger charge is 2.34. The molecule has 0 saturated carbocycles. The Morgan fingerprint density at radius 3 is 2.68 bits per heavy atom. The van der Waals surface area contributed by atoms with E-state index in [4.69, 9.17) is 5.73 Å². The number of halogens is 1. The largest absolute Gasteiger partial charge is 0.323 e. The van der Waals surface area contributed by atoms with Crippen molar-refractivity contribution in [3.63, 3.8) is 0 Å². The highest BCUT2D eigenvalue weighted by atomic mass is 32.2. The molecular formula is C15H14FNOS. The third-order valence-corrected chi connectivity index (χ3v) is 5.27. The average molecular weight is 275 g/mol. The third kappa shape index (κ3) is 2.22. The molecule has 3 unspecified atom stereocenters. The van der Waals surface area contributed by atoms with Crippen LogP contribution >= 0.6 is 0 Å². The molecule has 2 aromatic rings. The lowest BCUT2D eigenvalue weighted by molar-refractivity contribution is 0.619. The van der Waals surface area contributed by atoms with Crippen LogP contribution in [-0.2, 0) is 17.2 Å². The third-order valence-electron chi connectivity index (χ3n) is 3.54. The van der Waals surface area contributed by atoms with Crippen LogP contribution in [-0.4, -0.2) is 9.46 Å². The first kappa shape index (κ1) is 12.5. The van der Waals surface area contributed by atoms with Crippen molar-refractivity contribution in [1.29, 1.82) is 0 Å². The van der Waals surface area contributed by atoms with Gasteiger partial charge in [0.25, 0.3) is 0 Å². The summed E-state index contributed by atoms with van der Waals surface area (Å²) in [5, 5.41) is -0.181. The van der Waals surface area contributed by atoms with E-state index < -0.39 is 10.8 Å². The van der Waals surface area contributed by atoms with E-state index in [0.717, 1.165) is 11.1 Å². The molecular weight excluding hydrogens is 261 g/mol. The van der Waals surface area contributed by atoms with Crippen LogP contribution < -0.4 is 5.73 Å². The number of hydrogen-bond acceptors (Lipinski definition) is 2. The number of benzene rings is 2. The molecule has 0 radical (unpaired) electrons. The van der Waals surface area contributed by atoms with E-state index in [1.807, 2.05) is 24.3 Å². The normalized spacial score (nSPS) is 23.1. The van der Waals surface area contributed by atoms with Gasteiger partial charge in [-0.1, -0.05) is 30.3 Å². The summed E-state index contributed by atoms with van der Waals surface area (Å²) in [5.41, 5.74) is 8.38. The molecule has 0 aromatic heterocycles. The standard InChI is InChI=1S/C15H14FNOS/c16-11-5-3-6-12(9-11)19(18)14-8-10-4-1-2-7-13(10)15(14)17/h1-7,9,14-15H,8,17H2. The number of nitrogens with two attached hydrogens (primary N) is 1. The van der Waals surface area contributed by atoms with E-state index in [-0.39, 0.29) is 17.1 Å². The molecule has 2 aromatic carbocycles. The van der Waals surface area contributed by atoms with E-state index in [9.17, 15) is 8.60 Å². The SMILES string of the molecule is NC1c2ccccc2CC1S(=O)c1cccc(F)c1. The van der Waals surface area contributed by atoms with E-state index in [1.54, 1.807) is 12.1 Å². The fraction of sp³-hybridized carbons (Fsp3) is 0.200. The van der Waals surface area contributed by atoms with Crippen LogP contribution in [0.25, 0.3) is 0 Å². The van der Waals surface area contributed by atoms with Gasteiger partial charge in [-0.25, -0.2) is 4.39 Å². The summed E-state index contributed by atoms with van der Waals surface area (Å²) in [5.74, 6) is -0.366. The van der Waals surface area contributed by atoms with Crippen LogP contribution in [0.15, 0.2) is 53.4 Å². The fourth-order valence-corrected chi connectivity index (χ4v) is 4.10. The van der Waals surface area contributed by atoms with Gasteiger partial charge < -0.3 is 5.73 Å². The molecule has 3 rings (SSSR count). The molecule has 19 heavy (non-hydrogen) atoms. The Balaban J connectivity index is 1.91. The predicted octanol–water partition coefficient (Wildman–Crippen LogP) is 2.56. The lowest BCUT2D eigenvalue weighted by Crippen LogP contribution is -2.26. The van der Waals surface area contributed by atoms with E-state index >= 15 is 0 Å². The second kappa shape index (κ2) is 4.87. The quantitative estimate of drug-likeness (QED) is 0.915. The van der Waals surface area contributed by atoms with E-state index in [0.29, 0.717) is 11.3 Å². The van der Waals surface area contributed by atoms with Gasteiger partial charge in [0.2, 0.25) is 0 Å². The summed E-state index contributed by atoms with van der Waals surface area (Å²) in [6, 6.07) is 13.6. The molecule has 0 aliphatic heterocycles. The minimum Gasteiger partial charge on any atom is -0.323 e. The van der Waals surface area contributed by atoms with Gasteiger partial charge >= 0.3 is 0 Å². The highest BCUT2D eigenvalue weighted by molar-refractivity contribution is 7.85. The molecule has 0 spiro atoms. The van der Waals surface area contributed by atoms with Gasteiger partial charge in [-0.15, -0.1) is 0 Å². The first-order chi connectivity index (χ1) is 9.16. The summed E-state index contributed by atoms with van der Waals surface area (Å²) in [6.07, 6.45) is 0.681. The average Bonchev–Trinajstić information content (AvgIpc) is 2.76. The van der Waals surface area contributed by atoms with Crippen molar-refractivity contribution in [3.8, 4) is 0 Å². The van der Waals surface area contributed by atoms with Gasteiger partial charge in [-0.05, 0) is 35.7 Å². The van der Waals surface area contributed by atoms with Crippen LogP contribution in [0.2, 0.25) is 0 Å². The van der Waals surface area contributed by atoms with Gasteiger partial charge in [0.15, 0.2) is 0 Å². The van der Waals surface area contributed by atoms with Gasteiger partial charge in [0, 0.05) is 10.9 Å². The second-order valence-corrected chi connectivity index (χ2v) is 6.39. The zero-order valence-electron chi connectivity index (χ0n) is 10.3. The lowest BCUT2D eigenvalue weighted by atomic mass is 10.1. The molecule has 2 N–H and O–H groups in total. The molecule has 98 valence electrons. The summed E-state index contributed by atoms with van der Waals surface area (Å²) in [4.78, 5) is 0.508. The van der Waals surface area contributed by atoms with E-state index in [2.05, 4.69) is 0 Å². The Labute approximate surface area is 113 Å². The summed E-state index contributed by atoms with van der Waals surface area (Å²) in [6.45, 7) is 0. The van der Waals surface area contributed by atoms with Crippen molar-refractivity contribution in [1.82, 2.24) is 0 Å². The fourth-order valence-electron chi connectivity index (χ4n) is 2.57. The molecule has 0 fully saturated rings. The van der Waals surface area contributed by atoms with Crippen LogP contribution in [0.5, 0.6) is 0 Å². The number of fused-ring (bicyclic) bond motifs is 1. The molecule has 1 aliphatic rings. The van der Waals surface area contributed by atoms with Crippen LogP contribution in [0.3, 0.4) is 0 Å². The zero-order chi connectivity index (χ0) is 13.4. The molecule has 3 atom stereocenters. The van der Waals surface area contributed by atoms with E-state index in [1.165, 1.54) is 12.1 Å². The smallest absolute Gasteiger partial charge is 0.124 e. The predicted molar refractivity (Wildman–Crippen MR) is 73.7 cm³/mol. The Bertz CT molecular complexity index is 644. The molecule has 4 heteroatoms. The van der Waals surface area contributed by atoms with Crippen molar-refractivity contribution in [2.24, 2.45) is 5.73 Å². The Morgan fingerprint density at radius 1 is 1.16 bits per heavy atom. The summed E-state index contributed by atoms with van der Waals surface area (Å²) >= 11 is 0. The maximum absolute atomic E-state index is 13.2. The van der Waals surface area contributed by atoms with Crippen molar-refractivity contribution in [3.05, 3.63) is 65.5 Å². The molecule has 0 heterocycles. The number of rotatable bonds is 2. The maximum Gasteiger partial charge on any atom is 0.124 e. The van der Waals surface area contributed by atoms with Gasteiger partial charge in [-0.3, -0.25) is 4.21 Å². The minimum atomic E-state index is -1.29. The molecule has 0 bridgehead atoms. The minimum absolute atomic E-state index is 0.181. The van der Waals surface area contributed by atoms with Crippen molar-refractivity contribution >= 4 is 10.8 Å². The van der Waals surface area contributed by atoms with Crippen molar-refractivity contribution in [2.75, 3.05) is 0 Å². The Hall–Kier alpha value is -1.52. The first-order valence-corrected chi connectivity index (χ1v) is 7.37. The summed E-state index contributed by atoms with van der Waals surface area (Å²) < 4.78 is 25.8. The van der Waals surface area contributed by atoms with Crippen LogP contribution in [0.1, 0.15) is 17.2 Å². The molecule has 0 amide bonds. The zero-order valence-corrected chi connectivity index (χ0v) is 11.1. The lowest BCUT2D eigenvalue weighted by Gasteiger charge is -2.15. The van der Waals surface area contributed by atoms with Crippen LogP contribution in [0.4, 0.5) is 4.39 Å². The highest BCUT2D eigenvalue weighted by Crippen LogP contribution is 2.34. The Morgan fingerprint density at radius 2 is 1.95 bits per heavy atom. The Kier molecular flexibility index (Phi) is 3.21. The van der Waals surface area contributed by atoms with Crippen LogP contribution in [0, 0.1) is 5.82 Å². The van der Waals surface area contributed by atoms with Gasteiger partial charge in [0.1, 0.15) is 5.82 Å². The second-order valence-electron chi connectivity index (χ2n) is 4.72. The van der Waals surface area contributed by atoms with Crippen molar-refractivity contribution < 1.29 is 8.60 Å². The van der Waals surface area contributed by atoms with Gasteiger partial charge in [-0.2, -0.15) is 0 Å². The van der Waals surface area contributed by atoms with Crippen molar-refractivity contribution in [2.45, 2.75) is 22.6 Å². The molecule has 0 saturated heterocycles. The number of hydrogen-bond donors (Lipinski definition) is 1. The molecule has 2 nitrogen and oxygen atoms in total. The van der Waals surface area contributed by atoms with Gasteiger partial charge in [0.05, 0.1) is 16.0 Å².